The van der Waals surface area contributed by atoms with Gasteiger partial charge in [-0.05, 0) is 55.7 Å². The van der Waals surface area contributed by atoms with E-state index in [9.17, 15) is 4.39 Å². The van der Waals surface area contributed by atoms with Crippen LogP contribution in [0.1, 0.15) is 19.8 Å². The number of rotatable bonds is 3. The molecule has 0 spiro atoms. The van der Waals surface area contributed by atoms with Gasteiger partial charge in [-0.25, -0.2) is 4.39 Å². The second-order valence-corrected chi connectivity index (χ2v) is 5.91. The summed E-state index contributed by atoms with van der Waals surface area (Å²) in [4.78, 5) is 0. The maximum absolute atomic E-state index is 13.1. The van der Waals surface area contributed by atoms with Gasteiger partial charge in [-0.2, -0.15) is 0 Å². The van der Waals surface area contributed by atoms with E-state index in [0.717, 1.165) is 11.6 Å². The van der Waals surface area contributed by atoms with E-state index in [1.807, 2.05) is 0 Å². The summed E-state index contributed by atoms with van der Waals surface area (Å²) in [5.74, 6) is 1.82. The lowest BCUT2D eigenvalue weighted by Crippen LogP contribution is -2.28. The molecule has 18 heavy (non-hydrogen) atoms. The Morgan fingerprint density at radius 3 is 2.78 bits per heavy atom. The molecule has 0 radical (unpaired) electrons. The molecule has 0 aromatic heterocycles. The molecule has 3 heteroatoms. The van der Waals surface area contributed by atoms with E-state index < -0.39 is 0 Å². The first-order valence-electron chi connectivity index (χ1n) is 6.53. The largest absolute Gasteiger partial charge is 0.382 e. The molecular formula is C15H17ClFN. The van der Waals surface area contributed by atoms with Crippen LogP contribution >= 0.6 is 11.6 Å². The smallest absolute Gasteiger partial charge is 0.141 e. The second-order valence-electron chi connectivity index (χ2n) is 5.51. The van der Waals surface area contributed by atoms with Gasteiger partial charge in [-0.3, -0.25) is 0 Å². The predicted octanol–water partition coefficient (Wildman–Crippen LogP) is 4.49. The summed E-state index contributed by atoms with van der Waals surface area (Å²) in [6.07, 6.45) is 7.28. The fourth-order valence-corrected chi connectivity index (χ4v) is 3.53. The fourth-order valence-electron chi connectivity index (χ4n) is 3.35. The molecule has 0 heterocycles. The Hall–Kier alpha value is -1.02. The molecule has 0 saturated heterocycles. The maximum Gasteiger partial charge on any atom is 0.141 e. The van der Waals surface area contributed by atoms with E-state index in [1.165, 1.54) is 18.9 Å². The summed E-state index contributed by atoms with van der Waals surface area (Å²) >= 11 is 5.79. The number of nitrogens with one attached hydrogen (secondary N) is 1. The van der Waals surface area contributed by atoms with Crippen LogP contribution in [0.25, 0.3) is 0 Å². The maximum atomic E-state index is 13.1. The van der Waals surface area contributed by atoms with Gasteiger partial charge < -0.3 is 5.32 Å². The molecule has 2 bridgehead atoms. The van der Waals surface area contributed by atoms with E-state index in [-0.39, 0.29) is 10.8 Å². The summed E-state index contributed by atoms with van der Waals surface area (Å²) in [7, 11) is 0. The van der Waals surface area contributed by atoms with E-state index in [0.29, 0.717) is 17.9 Å². The highest BCUT2D eigenvalue weighted by Gasteiger charge is 2.38. The number of allylic oxidation sites excluding steroid dienone is 2. The van der Waals surface area contributed by atoms with Crippen LogP contribution in [-0.2, 0) is 0 Å². The molecule has 3 rings (SSSR count). The number of benzene rings is 1. The van der Waals surface area contributed by atoms with Gasteiger partial charge in [-0.1, -0.05) is 23.8 Å². The van der Waals surface area contributed by atoms with Crippen LogP contribution in [0.2, 0.25) is 5.02 Å². The first-order chi connectivity index (χ1) is 8.63. The molecule has 1 fully saturated rings. The minimum atomic E-state index is -0.363. The zero-order valence-corrected chi connectivity index (χ0v) is 11.1. The van der Waals surface area contributed by atoms with Gasteiger partial charge in [0, 0.05) is 11.7 Å². The van der Waals surface area contributed by atoms with Crippen LogP contribution in [0.15, 0.2) is 30.4 Å². The zero-order valence-electron chi connectivity index (χ0n) is 10.4. The van der Waals surface area contributed by atoms with Crippen LogP contribution in [0, 0.1) is 23.6 Å². The summed E-state index contributed by atoms with van der Waals surface area (Å²) in [5.41, 5.74) is 0.903. The molecule has 0 amide bonds. The predicted molar refractivity (Wildman–Crippen MR) is 73.3 cm³/mol. The average molecular weight is 266 g/mol. The first-order valence-corrected chi connectivity index (χ1v) is 6.91. The Labute approximate surface area is 112 Å². The number of fused-ring (bicyclic) bond motifs is 2. The summed E-state index contributed by atoms with van der Waals surface area (Å²) in [6, 6.07) is 5.22. The number of hydrogen-bond acceptors (Lipinski definition) is 1. The highest BCUT2D eigenvalue weighted by Crippen LogP contribution is 2.45. The standard InChI is InChI=1S/C15H17ClFN/c1-9(13-7-10-2-3-11(13)6-10)18-12-4-5-15(17)14(16)8-12/h2-5,8-11,13,18H,6-7H2,1H3. The van der Waals surface area contributed by atoms with E-state index in [4.69, 9.17) is 11.6 Å². The van der Waals surface area contributed by atoms with Crippen molar-refractivity contribution in [3.8, 4) is 0 Å². The molecule has 2 aliphatic rings. The first kappa shape index (κ1) is 12.0. The van der Waals surface area contributed by atoms with Crippen molar-refractivity contribution in [2.24, 2.45) is 17.8 Å². The molecule has 1 nitrogen and oxygen atoms in total. The molecule has 1 aromatic rings. The Morgan fingerprint density at radius 2 is 2.17 bits per heavy atom. The van der Waals surface area contributed by atoms with Crippen molar-refractivity contribution in [2.45, 2.75) is 25.8 Å². The zero-order chi connectivity index (χ0) is 12.7. The SMILES string of the molecule is CC(Nc1ccc(F)c(Cl)c1)C1CC2C=CC1C2. The Morgan fingerprint density at radius 1 is 1.33 bits per heavy atom. The molecule has 1 N–H and O–H groups in total. The van der Waals surface area contributed by atoms with Crippen LogP contribution in [0.4, 0.5) is 10.1 Å². The summed E-state index contributed by atoms with van der Waals surface area (Å²) in [6.45, 7) is 2.20. The minimum Gasteiger partial charge on any atom is -0.382 e. The quantitative estimate of drug-likeness (QED) is 0.794. The molecule has 96 valence electrons. The van der Waals surface area contributed by atoms with Gasteiger partial charge >= 0.3 is 0 Å². The van der Waals surface area contributed by atoms with Crippen molar-refractivity contribution in [1.82, 2.24) is 0 Å². The Balaban J connectivity index is 1.69. The molecule has 2 aliphatic carbocycles. The molecule has 1 aromatic carbocycles. The van der Waals surface area contributed by atoms with Crippen molar-refractivity contribution in [3.05, 3.63) is 41.2 Å². The number of halogens is 2. The number of anilines is 1. The van der Waals surface area contributed by atoms with Gasteiger partial charge in [0.1, 0.15) is 5.82 Å². The number of hydrogen-bond donors (Lipinski definition) is 1. The van der Waals surface area contributed by atoms with Crippen molar-refractivity contribution >= 4 is 17.3 Å². The molecule has 4 atom stereocenters. The highest BCUT2D eigenvalue weighted by atomic mass is 35.5. The third-order valence-electron chi connectivity index (χ3n) is 4.29. The van der Waals surface area contributed by atoms with Gasteiger partial charge in [0.05, 0.1) is 5.02 Å². The van der Waals surface area contributed by atoms with E-state index >= 15 is 0 Å². The highest BCUT2D eigenvalue weighted by molar-refractivity contribution is 6.31. The van der Waals surface area contributed by atoms with Crippen LogP contribution < -0.4 is 5.32 Å². The molecule has 0 aliphatic heterocycles. The van der Waals surface area contributed by atoms with Gasteiger partial charge in [0.15, 0.2) is 0 Å². The molecule has 1 saturated carbocycles. The van der Waals surface area contributed by atoms with Crippen molar-refractivity contribution < 1.29 is 4.39 Å². The van der Waals surface area contributed by atoms with Crippen molar-refractivity contribution in [1.29, 1.82) is 0 Å². The lowest BCUT2D eigenvalue weighted by atomic mass is 9.87. The Bertz CT molecular complexity index is 485. The second kappa shape index (κ2) is 4.58. The lowest BCUT2D eigenvalue weighted by Gasteiger charge is -2.27. The normalized spacial score (nSPS) is 30.7. The van der Waals surface area contributed by atoms with Gasteiger partial charge in [-0.15, -0.1) is 0 Å². The summed E-state index contributed by atoms with van der Waals surface area (Å²) < 4.78 is 13.1. The summed E-state index contributed by atoms with van der Waals surface area (Å²) in [5, 5.41) is 3.63. The third kappa shape index (κ3) is 2.14. The fraction of sp³-hybridized carbons (Fsp3) is 0.467. The average Bonchev–Trinajstić information content (AvgIpc) is 2.96. The van der Waals surface area contributed by atoms with E-state index in [2.05, 4.69) is 24.4 Å². The third-order valence-corrected chi connectivity index (χ3v) is 4.58. The van der Waals surface area contributed by atoms with Crippen LogP contribution in [-0.4, -0.2) is 6.04 Å². The van der Waals surface area contributed by atoms with Crippen molar-refractivity contribution in [2.75, 3.05) is 5.32 Å². The van der Waals surface area contributed by atoms with Crippen LogP contribution in [0.5, 0.6) is 0 Å². The minimum absolute atomic E-state index is 0.181. The monoisotopic (exact) mass is 265 g/mol. The Kier molecular flexibility index (Phi) is 3.06. The topological polar surface area (TPSA) is 12.0 Å². The van der Waals surface area contributed by atoms with Gasteiger partial charge in [0.2, 0.25) is 0 Å². The van der Waals surface area contributed by atoms with Crippen molar-refractivity contribution in [3.63, 3.8) is 0 Å². The molecular weight excluding hydrogens is 249 g/mol. The van der Waals surface area contributed by atoms with Gasteiger partial charge in [0.25, 0.3) is 0 Å². The van der Waals surface area contributed by atoms with E-state index in [1.54, 1.807) is 12.1 Å². The van der Waals surface area contributed by atoms with Crippen LogP contribution in [0.3, 0.4) is 0 Å². The lowest BCUT2D eigenvalue weighted by molar-refractivity contribution is 0.400. The molecule has 4 unspecified atom stereocenters.